The normalized spacial score (nSPS) is 10.4. The summed E-state index contributed by atoms with van der Waals surface area (Å²) in [5, 5.41) is 0.658. The van der Waals surface area contributed by atoms with Gasteiger partial charge in [0, 0.05) is 10.6 Å². The minimum atomic E-state index is -0.00912. The first-order valence-electron chi connectivity index (χ1n) is 6.08. The predicted octanol–water partition coefficient (Wildman–Crippen LogP) is 4.05. The van der Waals surface area contributed by atoms with Crippen LogP contribution in [0.25, 0.3) is 0 Å². The number of benzene rings is 2. The molecule has 3 heteroatoms. The van der Waals surface area contributed by atoms with E-state index in [-0.39, 0.29) is 12.4 Å². The van der Waals surface area contributed by atoms with Gasteiger partial charge in [0.15, 0.2) is 5.78 Å². The number of carbonyl (C=O) groups is 1. The summed E-state index contributed by atoms with van der Waals surface area (Å²) in [7, 11) is 0. The Labute approximate surface area is 118 Å². The summed E-state index contributed by atoms with van der Waals surface area (Å²) in [5.74, 6) is -0.00912. The van der Waals surface area contributed by atoms with Crippen molar-refractivity contribution in [3.63, 3.8) is 0 Å². The van der Waals surface area contributed by atoms with Crippen molar-refractivity contribution in [1.29, 1.82) is 0 Å². The lowest BCUT2D eigenvalue weighted by Crippen LogP contribution is -2.10. The zero-order chi connectivity index (χ0) is 13.7. The van der Waals surface area contributed by atoms with Gasteiger partial charge in [-0.1, -0.05) is 54.1 Å². The zero-order valence-electron chi connectivity index (χ0n) is 10.7. The summed E-state index contributed by atoms with van der Waals surface area (Å²) < 4.78 is 5.44. The van der Waals surface area contributed by atoms with E-state index in [4.69, 9.17) is 16.3 Å². The summed E-state index contributed by atoms with van der Waals surface area (Å²) in [4.78, 5) is 12.0. The predicted molar refractivity (Wildman–Crippen MR) is 76.6 cm³/mol. The summed E-state index contributed by atoms with van der Waals surface area (Å²) in [6, 6.07) is 15.0. The molecule has 0 spiro atoms. The quantitative estimate of drug-likeness (QED) is 0.769. The minimum Gasteiger partial charge on any atom is -0.369 e. The van der Waals surface area contributed by atoms with Crippen molar-refractivity contribution in [2.24, 2.45) is 0 Å². The van der Waals surface area contributed by atoms with Crippen LogP contribution in [0.1, 0.15) is 21.5 Å². The minimum absolute atomic E-state index is 0.00912. The molecule has 2 nitrogen and oxygen atoms in total. The number of ether oxygens (including phenoxy) is 1. The van der Waals surface area contributed by atoms with E-state index in [1.54, 1.807) is 0 Å². The van der Waals surface area contributed by atoms with E-state index in [9.17, 15) is 4.79 Å². The van der Waals surface area contributed by atoms with Crippen molar-refractivity contribution in [1.82, 2.24) is 0 Å². The van der Waals surface area contributed by atoms with Gasteiger partial charge in [0.1, 0.15) is 6.61 Å². The number of halogens is 1. The maximum Gasteiger partial charge on any atom is 0.188 e. The molecule has 0 aliphatic carbocycles. The highest BCUT2D eigenvalue weighted by atomic mass is 35.5. The highest BCUT2D eigenvalue weighted by molar-refractivity contribution is 6.31. The van der Waals surface area contributed by atoms with E-state index in [1.807, 2.05) is 55.5 Å². The van der Waals surface area contributed by atoms with E-state index < -0.39 is 0 Å². The monoisotopic (exact) mass is 274 g/mol. The van der Waals surface area contributed by atoms with Crippen LogP contribution in [0, 0.1) is 6.92 Å². The van der Waals surface area contributed by atoms with Gasteiger partial charge in [0.25, 0.3) is 0 Å². The molecule has 0 amide bonds. The molecule has 0 atom stereocenters. The molecule has 0 aromatic heterocycles. The molecule has 2 aromatic rings. The third-order valence-electron chi connectivity index (χ3n) is 2.89. The number of Topliss-reactive ketones (excluding diaryl/α,β-unsaturated/α-hetero) is 1. The Bertz CT molecular complexity index is 578. The number of hydrogen-bond acceptors (Lipinski definition) is 2. The summed E-state index contributed by atoms with van der Waals surface area (Å²) in [6.45, 7) is 2.33. The molecule has 0 saturated heterocycles. The molecule has 2 aromatic carbocycles. The van der Waals surface area contributed by atoms with Gasteiger partial charge in [-0.15, -0.1) is 0 Å². The van der Waals surface area contributed by atoms with Crippen LogP contribution in [0.3, 0.4) is 0 Å². The van der Waals surface area contributed by atoms with Crippen LogP contribution in [-0.4, -0.2) is 12.4 Å². The molecule has 0 fully saturated rings. The zero-order valence-corrected chi connectivity index (χ0v) is 11.5. The summed E-state index contributed by atoms with van der Waals surface area (Å²) in [6.07, 6.45) is 0. The van der Waals surface area contributed by atoms with Crippen molar-refractivity contribution in [2.45, 2.75) is 13.5 Å². The Hall–Kier alpha value is -1.64. The molecule has 98 valence electrons. The van der Waals surface area contributed by atoms with Crippen molar-refractivity contribution in [3.8, 4) is 0 Å². The first-order chi connectivity index (χ1) is 9.18. The Balaban J connectivity index is 1.92. The van der Waals surface area contributed by atoms with Gasteiger partial charge in [-0.3, -0.25) is 4.79 Å². The Morgan fingerprint density at radius 1 is 1.11 bits per heavy atom. The molecule has 19 heavy (non-hydrogen) atoms. The average molecular weight is 275 g/mol. The van der Waals surface area contributed by atoms with E-state index >= 15 is 0 Å². The van der Waals surface area contributed by atoms with Gasteiger partial charge in [-0.05, 0) is 24.1 Å². The van der Waals surface area contributed by atoms with Crippen molar-refractivity contribution in [3.05, 3.63) is 70.2 Å². The van der Waals surface area contributed by atoms with Crippen LogP contribution in [-0.2, 0) is 11.3 Å². The fraction of sp³-hybridized carbons (Fsp3) is 0.188. The number of aryl methyl sites for hydroxylation is 1. The Kier molecular flexibility index (Phi) is 4.72. The fourth-order valence-corrected chi connectivity index (χ4v) is 2.02. The van der Waals surface area contributed by atoms with Crippen molar-refractivity contribution in [2.75, 3.05) is 6.61 Å². The third kappa shape index (κ3) is 3.66. The lowest BCUT2D eigenvalue weighted by Gasteiger charge is -2.07. The van der Waals surface area contributed by atoms with E-state index in [1.165, 1.54) is 0 Å². The molecule has 0 radical (unpaired) electrons. The molecule has 0 bridgehead atoms. The van der Waals surface area contributed by atoms with Crippen LogP contribution in [0.5, 0.6) is 0 Å². The molecule has 2 rings (SSSR count). The number of hydrogen-bond donors (Lipinski definition) is 0. The van der Waals surface area contributed by atoms with Crippen LogP contribution in [0.2, 0.25) is 5.02 Å². The second-order valence-electron chi connectivity index (χ2n) is 4.32. The van der Waals surface area contributed by atoms with Gasteiger partial charge in [0.2, 0.25) is 0 Å². The fourth-order valence-electron chi connectivity index (χ4n) is 1.83. The molecule has 0 aliphatic rings. The topological polar surface area (TPSA) is 26.3 Å². The van der Waals surface area contributed by atoms with Gasteiger partial charge in [0.05, 0.1) is 6.61 Å². The lowest BCUT2D eigenvalue weighted by molar-refractivity contribution is 0.0726. The smallest absolute Gasteiger partial charge is 0.188 e. The second kappa shape index (κ2) is 6.50. The molecular formula is C16H15ClO2. The second-order valence-corrected chi connectivity index (χ2v) is 4.73. The number of ketones is 1. The number of rotatable bonds is 5. The highest BCUT2D eigenvalue weighted by Gasteiger charge is 2.08. The van der Waals surface area contributed by atoms with Gasteiger partial charge in [-0.25, -0.2) is 0 Å². The molecule has 0 saturated carbocycles. The molecular weight excluding hydrogens is 260 g/mol. The van der Waals surface area contributed by atoms with Gasteiger partial charge in [-0.2, -0.15) is 0 Å². The van der Waals surface area contributed by atoms with Crippen molar-refractivity contribution >= 4 is 17.4 Å². The third-order valence-corrected chi connectivity index (χ3v) is 3.26. The lowest BCUT2D eigenvalue weighted by atomic mass is 10.1. The van der Waals surface area contributed by atoms with Gasteiger partial charge < -0.3 is 4.74 Å². The summed E-state index contributed by atoms with van der Waals surface area (Å²) in [5.41, 5.74) is 2.57. The largest absolute Gasteiger partial charge is 0.369 e. The Morgan fingerprint density at radius 3 is 2.53 bits per heavy atom. The van der Waals surface area contributed by atoms with Crippen LogP contribution in [0.15, 0.2) is 48.5 Å². The standard InChI is InChI=1S/C16H15ClO2/c1-12-6-2-4-8-14(12)16(18)11-19-10-13-7-3-5-9-15(13)17/h2-9H,10-11H2,1H3. The van der Waals surface area contributed by atoms with E-state index in [2.05, 4.69) is 0 Å². The average Bonchev–Trinajstić information content (AvgIpc) is 2.41. The first-order valence-corrected chi connectivity index (χ1v) is 6.46. The summed E-state index contributed by atoms with van der Waals surface area (Å²) >= 11 is 6.02. The van der Waals surface area contributed by atoms with E-state index in [0.29, 0.717) is 17.2 Å². The van der Waals surface area contributed by atoms with E-state index in [0.717, 1.165) is 11.1 Å². The Morgan fingerprint density at radius 2 is 1.79 bits per heavy atom. The molecule has 0 N–H and O–H groups in total. The van der Waals surface area contributed by atoms with Crippen LogP contribution in [0.4, 0.5) is 0 Å². The SMILES string of the molecule is Cc1ccccc1C(=O)COCc1ccccc1Cl. The van der Waals surface area contributed by atoms with Crippen LogP contribution >= 0.6 is 11.6 Å². The molecule has 0 aliphatic heterocycles. The number of carbonyl (C=O) groups excluding carboxylic acids is 1. The maximum atomic E-state index is 12.0. The molecule has 0 unspecified atom stereocenters. The maximum absolute atomic E-state index is 12.0. The van der Waals surface area contributed by atoms with Crippen LogP contribution < -0.4 is 0 Å². The molecule has 0 heterocycles. The highest BCUT2D eigenvalue weighted by Crippen LogP contribution is 2.16. The van der Waals surface area contributed by atoms with Gasteiger partial charge >= 0.3 is 0 Å². The van der Waals surface area contributed by atoms with Crippen molar-refractivity contribution < 1.29 is 9.53 Å². The first kappa shape index (κ1) is 13.8.